The second kappa shape index (κ2) is 10.8. The molecule has 0 amide bonds. The normalized spacial score (nSPS) is 10.8. The Morgan fingerprint density at radius 1 is 0.880 bits per heavy atom. The monoisotopic (exact) mass is 344 g/mol. The fraction of sp³-hybridized carbons (Fsp3) is 0.524. The van der Waals surface area contributed by atoms with Gasteiger partial charge in [0.1, 0.15) is 5.82 Å². The van der Waals surface area contributed by atoms with Crippen LogP contribution in [0.3, 0.4) is 0 Å². The summed E-state index contributed by atoms with van der Waals surface area (Å²) < 4.78 is 19.5. The van der Waals surface area contributed by atoms with Gasteiger partial charge in [0, 0.05) is 18.8 Å². The Morgan fingerprint density at radius 3 is 2.28 bits per heavy atom. The third-order valence-corrected chi connectivity index (χ3v) is 4.22. The van der Waals surface area contributed by atoms with Crippen LogP contribution in [0.15, 0.2) is 30.6 Å². The van der Waals surface area contributed by atoms with E-state index in [1.165, 1.54) is 12.8 Å². The van der Waals surface area contributed by atoms with Crippen molar-refractivity contribution in [2.45, 2.75) is 65.2 Å². The first kappa shape index (κ1) is 19.4. The molecule has 25 heavy (non-hydrogen) atoms. The van der Waals surface area contributed by atoms with Gasteiger partial charge in [-0.05, 0) is 48.9 Å². The van der Waals surface area contributed by atoms with E-state index in [9.17, 15) is 4.39 Å². The van der Waals surface area contributed by atoms with Crippen molar-refractivity contribution < 1.29 is 9.13 Å². The molecule has 1 aromatic heterocycles. The van der Waals surface area contributed by atoms with Crippen LogP contribution in [0, 0.1) is 5.82 Å². The van der Waals surface area contributed by atoms with Gasteiger partial charge in [0.15, 0.2) is 11.6 Å². The van der Waals surface area contributed by atoms with Crippen LogP contribution >= 0.6 is 0 Å². The topological polar surface area (TPSA) is 35.0 Å². The lowest BCUT2D eigenvalue weighted by molar-refractivity contribution is 0.294. The Hall–Kier alpha value is -1.97. The number of rotatable bonds is 11. The lowest BCUT2D eigenvalue weighted by atomic mass is 10.1. The number of unbranched alkanes of at least 4 members (excludes halogenated alkanes) is 3. The van der Waals surface area contributed by atoms with Crippen molar-refractivity contribution in [3.63, 3.8) is 0 Å². The molecule has 0 spiro atoms. The Morgan fingerprint density at radius 2 is 1.60 bits per heavy atom. The van der Waals surface area contributed by atoms with Gasteiger partial charge in [0.25, 0.3) is 0 Å². The molecule has 0 fully saturated rings. The van der Waals surface area contributed by atoms with E-state index in [1.54, 1.807) is 12.1 Å². The lowest BCUT2D eigenvalue weighted by Gasteiger charge is -2.08. The van der Waals surface area contributed by atoms with Crippen LogP contribution in [0.1, 0.15) is 62.9 Å². The standard InChI is InChI=1S/C21H29FN2O/c1-3-5-7-8-21-23-15-18(16-24-21)10-9-17-11-12-20(19(22)14-17)25-13-6-4-2/h11-12,14-16H,3-10,13H2,1-2H3. The molecule has 0 unspecified atom stereocenters. The summed E-state index contributed by atoms with van der Waals surface area (Å²) in [5.74, 6) is 0.977. The van der Waals surface area contributed by atoms with Crippen molar-refractivity contribution in [2.24, 2.45) is 0 Å². The van der Waals surface area contributed by atoms with Crippen LogP contribution in [0.5, 0.6) is 5.75 Å². The summed E-state index contributed by atoms with van der Waals surface area (Å²) in [5.41, 5.74) is 2.05. The summed E-state index contributed by atoms with van der Waals surface area (Å²) in [6.45, 7) is 4.84. The number of benzene rings is 1. The molecule has 1 heterocycles. The van der Waals surface area contributed by atoms with Crippen LogP contribution in [-0.4, -0.2) is 16.6 Å². The van der Waals surface area contributed by atoms with Crippen molar-refractivity contribution in [1.29, 1.82) is 0 Å². The van der Waals surface area contributed by atoms with Gasteiger partial charge in [0.05, 0.1) is 6.61 Å². The summed E-state index contributed by atoms with van der Waals surface area (Å²) >= 11 is 0. The predicted molar refractivity (Wildman–Crippen MR) is 99.5 cm³/mol. The van der Waals surface area contributed by atoms with E-state index in [4.69, 9.17) is 4.74 Å². The van der Waals surface area contributed by atoms with E-state index < -0.39 is 0 Å². The predicted octanol–water partition coefficient (Wildman–Crippen LogP) is 5.31. The third kappa shape index (κ3) is 6.81. The average molecular weight is 344 g/mol. The summed E-state index contributed by atoms with van der Waals surface area (Å²) in [6, 6.07) is 5.24. The summed E-state index contributed by atoms with van der Waals surface area (Å²) in [4.78, 5) is 8.86. The van der Waals surface area contributed by atoms with Gasteiger partial charge in [-0.1, -0.05) is 39.2 Å². The first-order valence-electron chi connectivity index (χ1n) is 9.44. The van der Waals surface area contributed by atoms with Crippen LogP contribution < -0.4 is 4.74 Å². The second-order valence-electron chi connectivity index (χ2n) is 6.43. The summed E-state index contributed by atoms with van der Waals surface area (Å²) in [6.07, 6.45) is 11.9. The highest BCUT2D eigenvalue weighted by Gasteiger charge is 2.06. The Bertz CT molecular complexity index is 628. The molecule has 0 atom stereocenters. The molecule has 2 rings (SSSR count). The van der Waals surface area contributed by atoms with E-state index in [0.29, 0.717) is 12.4 Å². The molecule has 0 aliphatic carbocycles. The molecule has 0 radical (unpaired) electrons. The maximum Gasteiger partial charge on any atom is 0.165 e. The fourth-order valence-electron chi connectivity index (χ4n) is 2.60. The molecule has 0 aliphatic rings. The molecule has 0 N–H and O–H groups in total. The highest BCUT2D eigenvalue weighted by molar-refractivity contribution is 5.30. The molecule has 0 saturated heterocycles. The number of aryl methyl sites for hydroxylation is 3. The van der Waals surface area contributed by atoms with Crippen molar-refractivity contribution in [1.82, 2.24) is 9.97 Å². The van der Waals surface area contributed by atoms with E-state index in [-0.39, 0.29) is 5.82 Å². The van der Waals surface area contributed by atoms with Crippen LogP contribution in [0.4, 0.5) is 4.39 Å². The van der Waals surface area contributed by atoms with Crippen LogP contribution in [-0.2, 0) is 19.3 Å². The van der Waals surface area contributed by atoms with Crippen molar-refractivity contribution in [2.75, 3.05) is 6.61 Å². The lowest BCUT2D eigenvalue weighted by Crippen LogP contribution is -2.01. The molecule has 2 aromatic rings. The average Bonchev–Trinajstić information content (AvgIpc) is 2.63. The molecular weight excluding hydrogens is 315 g/mol. The third-order valence-electron chi connectivity index (χ3n) is 4.22. The smallest absolute Gasteiger partial charge is 0.165 e. The van der Waals surface area contributed by atoms with Gasteiger partial charge in [-0.15, -0.1) is 0 Å². The van der Waals surface area contributed by atoms with E-state index in [0.717, 1.165) is 55.5 Å². The minimum atomic E-state index is -0.281. The van der Waals surface area contributed by atoms with Crippen LogP contribution in [0.25, 0.3) is 0 Å². The minimum Gasteiger partial charge on any atom is -0.491 e. The minimum absolute atomic E-state index is 0.281. The Balaban J connectivity index is 1.83. The quantitative estimate of drug-likeness (QED) is 0.518. The zero-order valence-corrected chi connectivity index (χ0v) is 15.4. The number of nitrogens with zero attached hydrogens (tertiary/aromatic N) is 2. The molecule has 1 aromatic carbocycles. The molecule has 136 valence electrons. The van der Waals surface area contributed by atoms with Gasteiger partial charge in [-0.2, -0.15) is 0 Å². The molecule has 0 saturated carbocycles. The van der Waals surface area contributed by atoms with Gasteiger partial charge in [0.2, 0.25) is 0 Å². The number of hydrogen-bond donors (Lipinski definition) is 0. The van der Waals surface area contributed by atoms with Gasteiger partial charge < -0.3 is 4.74 Å². The first-order valence-corrected chi connectivity index (χ1v) is 9.44. The van der Waals surface area contributed by atoms with Gasteiger partial charge >= 0.3 is 0 Å². The van der Waals surface area contributed by atoms with E-state index >= 15 is 0 Å². The first-order chi connectivity index (χ1) is 12.2. The molecule has 0 bridgehead atoms. The second-order valence-corrected chi connectivity index (χ2v) is 6.43. The maximum atomic E-state index is 14.1. The largest absolute Gasteiger partial charge is 0.491 e. The molecular formula is C21H29FN2O. The van der Waals surface area contributed by atoms with Crippen LogP contribution in [0.2, 0.25) is 0 Å². The SMILES string of the molecule is CCCCCc1ncc(CCc2ccc(OCCCC)c(F)c2)cn1. The van der Waals surface area contributed by atoms with Crippen molar-refractivity contribution in [3.8, 4) is 5.75 Å². The number of aromatic nitrogens is 2. The molecule has 3 nitrogen and oxygen atoms in total. The van der Waals surface area contributed by atoms with E-state index in [1.807, 2.05) is 18.5 Å². The van der Waals surface area contributed by atoms with Gasteiger partial charge in [-0.25, -0.2) is 14.4 Å². The van der Waals surface area contributed by atoms with Gasteiger partial charge in [-0.3, -0.25) is 0 Å². The highest BCUT2D eigenvalue weighted by atomic mass is 19.1. The molecule has 0 aliphatic heterocycles. The summed E-state index contributed by atoms with van der Waals surface area (Å²) in [7, 11) is 0. The Labute approximate surface area is 150 Å². The highest BCUT2D eigenvalue weighted by Crippen LogP contribution is 2.19. The van der Waals surface area contributed by atoms with Crippen molar-refractivity contribution in [3.05, 3.63) is 53.4 Å². The zero-order chi connectivity index (χ0) is 17.9. The Kier molecular flexibility index (Phi) is 8.36. The fourth-order valence-corrected chi connectivity index (χ4v) is 2.60. The number of ether oxygens (including phenoxy) is 1. The van der Waals surface area contributed by atoms with Crippen molar-refractivity contribution >= 4 is 0 Å². The van der Waals surface area contributed by atoms with E-state index in [2.05, 4.69) is 23.8 Å². The summed E-state index contributed by atoms with van der Waals surface area (Å²) in [5, 5.41) is 0. The molecule has 4 heteroatoms. The number of hydrogen-bond acceptors (Lipinski definition) is 3. The maximum absolute atomic E-state index is 14.1. The zero-order valence-electron chi connectivity index (χ0n) is 15.4. The number of halogens is 1.